The van der Waals surface area contributed by atoms with Crippen LogP contribution < -0.4 is 0 Å². The maximum Gasteiger partial charge on any atom is 0.242 e. The Balaban J connectivity index is 1.71. The van der Waals surface area contributed by atoms with Crippen LogP contribution in [0.15, 0.2) is 12.2 Å². The lowest BCUT2D eigenvalue weighted by Crippen LogP contribution is -2.58. The number of hydrogen-bond donors (Lipinski definition) is 2. The lowest BCUT2D eigenvalue weighted by molar-refractivity contribution is -0.240. The molecule has 154 valence electrons. The van der Waals surface area contributed by atoms with Gasteiger partial charge in [-0.05, 0) is 43.4 Å². The van der Waals surface area contributed by atoms with Gasteiger partial charge >= 0.3 is 0 Å². The average molecular weight is 389 g/mol. The number of likely N-dealkylation sites (tertiary alicyclic amines) is 1. The maximum absolute atomic E-state index is 14.2. The number of carbonyl (C=O) groups excluding carboxylic acids is 2. The number of ether oxygens (including phenoxy) is 1. The Labute approximate surface area is 165 Å². The quantitative estimate of drug-likeness (QED) is 0.522. The fraction of sp³-hybridized carbons (Fsp3) is 0.818. The van der Waals surface area contributed by atoms with Crippen molar-refractivity contribution in [2.75, 3.05) is 13.7 Å². The number of likely N-dealkylation sites (N-methyl/N-ethyl adjacent to an activating group) is 1. The number of Topliss-reactive ketones (excluding diaryl/α,β-unsaturated/α-hetero) is 1. The van der Waals surface area contributed by atoms with Crippen molar-refractivity contribution in [3.05, 3.63) is 12.2 Å². The molecule has 5 aliphatic rings. The van der Waals surface area contributed by atoms with Crippen molar-refractivity contribution in [1.29, 1.82) is 0 Å². The van der Waals surface area contributed by atoms with Gasteiger partial charge in [0, 0.05) is 18.4 Å². The van der Waals surface area contributed by atoms with Gasteiger partial charge in [-0.1, -0.05) is 32.4 Å². The predicted molar refractivity (Wildman–Crippen MR) is 101 cm³/mol. The molecule has 0 aromatic carbocycles. The number of hydrogen-bond acceptors (Lipinski definition) is 5. The first kappa shape index (κ1) is 18.8. The maximum atomic E-state index is 14.2. The van der Waals surface area contributed by atoms with Crippen molar-refractivity contribution in [3.63, 3.8) is 0 Å². The SMILES string of the molecule is C[C@H]1CC[C@H]2[C@@H](C=C[C@@H]3[C@H]4[C@@H](C)O[C@]5(O)[C@@H](CO)N(C)C(=O)[C@]45C(=O)[C@@]32C)C1. The summed E-state index contributed by atoms with van der Waals surface area (Å²) in [6.45, 7) is 5.70. The van der Waals surface area contributed by atoms with Crippen LogP contribution in [0.4, 0.5) is 0 Å². The third kappa shape index (κ3) is 1.70. The molecule has 10 atom stereocenters. The molecule has 2 aliphatic heterocycles. The molecule has 0 radical (unpaired) electrons. The highest BCUT2D eigenvalue weighted by atomic mass is 16.6. The summed E-state index contributed by atoms with van der Waals surface area (Å²) in [5.74, 6) is -1.89. The van der Waals surface area contributed by atoms with Crippen molar-refractivity contribution in [1.82, 2.24) is 4.90 Å². The second-order valence-corrected chi connectivity index (χ2v) is 10.2. The average Bonchev–Trinajstić information content (AvgIpc) is 3.07. The van der Waals surface area contributed by atoms with Crippen LogP contribution in [0.3, 0.4) is 0 Å². The summed E-state index contributed by atoms with van der Waals surface area (Å²) in [5, 5.41) is 21.6. The van der Waals surface area contributed by atoms with Crippen LogP contribution >= 0.6 is 0 Å². The Hall–Kier alpha value is -1.24. The van der Waals surface area contributed by atoms with E-state index >= 15 is 0 Å². The zero-order valence-corrected chi connectivity index (χ0v) is 17.1. The number of allylic oxidation sites excluding steroid dienone is 2. The minimum atomic E-state index is -1.97. The minimum Gasteiger partial charge on any atom is -0.394 e. The van der Waals surface area contributed by atoms with Gasteiger partial charge in [-0.3, -0.25) is 9.59 Å². The Morgan fingerprint density at radius 1 is 1.25 bits per heavy atom. The van der Waals surface area contributed by atoms with Crippen molar-refractivity contribution in [2.24, 2.45) is 40.4 Å². The van der Waals surface area contributed by atoms with Crippen molar-refractivity contribution < 1.29 is 24.5 Å². The number of aliphatic hydroxyl groups excluding tert-OH is 1. The van der Waals surface area contributed by atoms with Crippen molar-refractivity contribution in [3.8, 4) is 0 Å². The van der Waals surface area contributed by atoms with E-state index in [1.807, 2.05) is 13.8 Å². The summed E-state index contributed by atoms with van der Waals surface area (Å²) in [5.41, 5.74) is -2.30. The number of aliphatic hydroxyl groups is 2. The molecule has 5 rings (SSSR count). The predicted octanol–water partition coefficient (Wildman–Crippen LogP) is 1.36. The van der Waals surface area contributed by atoms with E-state index in [4.69, 9.17) is 4.74 Å². The third-order valence-electron chi connectivity index (χ3n) is 9.11. The van der Waals surface area contributed by atoms with E-state index in [2.05, 4.69) is 19.1 Å². The van der Waals surface area contributed by atoms with Gasteiger partial charge in [0.2, 0.25) is 11.7 Å². The lowest BCUT2D eigenvalue weighted by Gasteiger charge is -2.49. The Morgan fingerprint density at radius 3 is 2.64 bits per heavy atom. The Kier molecular flexibility index (Phi) is 3.66. The van der Waals surface area contributed by atoms with Gasteiger partial charge in [0.05, 0.1) is 12.7 Å². The zero-order chi connectivity index (χ0) is 20.2. The number of nitrogens with zero attached hydrogens (tertiary/aromatic N) is 1. The van der Waals surface area contributed by atoms with Crippen LogP contribution in [0.2, 0.25) is 0 Å². The molecule has 0 unspecified atom stereocenters. The summed E-state index contributed by atoms with van der Waals surface area (Å²) in [4.78, 5) is 29.1. The van der Waals surface area contributed by atoms with Crippen LogP contribution in [0.25, 0.3) is 0 Å². The molecule has 2 heterocycles. The molecule has 6 nitrogen and oxygen atoms in total. The minimum absolute atomic E-state index is 0.131. The normalized spacial score (nSPS) is 57.2. The molecular weight excluding hydrogens is 358 g/mol. The van der Waals surface area contributed by atoms with Gasteiger partial charge in [0.15, 0.2) is 11.2 Å². The molecule has 6 heteroatoms. The first-order chi connectivity index (χ1) is 13.2. The molecule has 2 saturated carbocycles. The molecule has 0 aromatic rings. The standard InChI is InChI=1S/C22H31NO5/c1-11-5-7-14-13(9-11)6-8-15-17-12(2)28-22(27)16(10-24)23(4)19(26)21(17,22)18(25)20(14,15)3/h6,8,11-17,24,27H,5,7,9-10H2,1-4H3/t11-,12+,13-,14-,15+,16+,17+,20+,21+,22+/m0/s1. The molecule has 2 N–H and O–H groups in total. The molecule has 4 fully saturated rings. The molecular formula is C22H31NO5. The van der Waals surface area contributed by atoms with E-state index in [1.54, 1.807) is 7.05 Å². The number of carbonyl (C=O) groups is 2. The van der Waals surface area contributed by atoms with Gasteiger partial charge in [-0.25, -0.2) is 0 Å². The Morgan fingerprint density at radius 2 is 1.96 bits per heavy atom. The summed E-state index contributed by atoms with van der Waals surface area (Å²) in [6, 6.07) is -0.925. The monoisotopic (exact) mass is 389 g/mol. The van der Waals surface area contributed by atoms with Crippen LogP contribution in [0.5, 0.6) is 0 Å². The largest absolute Gasteiger partial charge is 0.394 e. The van der Waals surface area contributed by atoms with Gasteiger partial charge in [0.1, 0.15) is 6.04 Å². The smallest absolute Gasteiger partial charge is 0.242 e. The van der Waals surface area contributed by atoms with E-state index in [1.165, 1.54) is 4.90 Å². The highest BCUT2D eigenvalue weighted by Crippen LogP contribution is 2.72. The number of fused-ring (bicyclic) bond motifs is 4. The van der Waals surface area contributed by atoms with Gasteiger partial charge in [0.25, 0.3) is 0 Å². The number of ketones is 1. The molecule has 1 amide bonds. The Bertz CT molecular complexity index is 781. The topological polar surface area (TPSA) is 87.1 Å². The van der Waals surface area contributed by atoms with Crippen molar-refractivity contribution in [2.45, 2.75) is 58.0 Å². The second-order valence-electron chi connectivity index (χ2n) is 10.2. The summed E-state index contributed by atoms with van der Waals surface area (Å²) < 4.78 is 5.97. The van der Waals surface area contributed by atoms with E-state index in [9.17, 15) is 19.8 Å². The summed E-state index contributed by atoms with van der Waals surface area (Å²) in [6.07, 6.45) is 7.09. The van der Waals surface area contributed by atoms with E-state index in [-0.39, 0.29) is 17.6 Å². The molecule has 28 heavy (non-hydrogen) atoms. The number of rotatable bonds is 1. The lowest BCUT2D eigenvalue weighted by atomic mass is 9.55. The van der Waals surface area contributed by atoms with E-state index < -0.39 is 47.2 Å². The third-order valence-corrected chi connectivity index (χ3v) is 9.11. The van der Waals surface area contributed by atoms with Crippen molar-refractivity contribution >= 4 is 11.7 Å². The van der Waals surface area contributed by atoms with Gasteiger partial charge in [-0.15, -0.1) is 0 Å². The van der Waals surface area contributed by atoms with E-state index in [0.29, 0.717) is 11.8 Å². The first-order valence-corrected chi connectivity index (χ1v) is 10.7. The first-order valence-electron chi connectivity index (χ1n) is 10.7. The van der Waals surface area contributed by atoms with Crippen LogP contribution in [-0.4, -0.2) is 58.4 Å². The van der Waals surface area contributed by atoms with Gasteiger partial charge in [-0.2, -0.15) is 0 Å². The van der Waals surface area contributed by atoms with E-state index in [0.717, 1.165) is 19.3 Å². The second kappa shape index (κ2) is 5.46. The highest BCUT2D eigenvalue weighted by molar-refractivity contribution is 6.14. The summed E-state index contributed by atoms with van der Waals surface area (Å²) >= 11 is 0. The molecule has 2 saturated heterocycles. The highest BCUT2D eigenvalue weighted by Gasteiger charge is 2.87. The molecule has 3 aliphatic carbocycles. The molecule has 0 bridgehead atoms. The summed E-state index contributed by atoms with van der Waals surface area (Å²) in [7, 11) is 1.55. The van der Waals surface area contributed by atoms with Crippen LogP contribution in [0, 0.1) is 40.4 Å². The molecule has 0 aromatic heterocycles. The van der Waals surface area contributed by atoms with Crippen LogP contribution in [0.1, 0.15) is 40.0 Å². The van der Waals surface area contributed by atoms with Crippen LogP contribution in [-0.2, 0) is 14.3 Å². The van der Waals surface area contributed by atoms with Gasteiger partial charge < -0.3 is 19.8 Å². The molecule has 1 spiro atoms. The number of amides is 1. The fourth-order valence-corrected chi connectivity index (χ4v) is 7.91. The fourth-order valence-electron chi connectivity index (χ4n) is 7.91. The zero-order valence-electron chi connectivity index (χ0n) is 17.1.